The molecule has 0 unspecified atom stereocenters. The first-order chi connectivity index (χ1) is 12.4. The smallest absolute Gasteiger partial charge is 0.219 e. The predicted octanol–water partition coefficient (Wildman–Crippen LogP) is 1.91. The van der Waals surface area contributed by atoms with Crippen molar-refractivity contribution in [2.75, 3.05) is 52.9 Å². The second-order valence-corrected chi connectivity index (χ2v) is 7.45. The van der Waals surface area contributed by atoms with E-state index in [1.165, 1.54) is 5.56 Å². The Labute approximate surface area is 180 Å². The Morgan fingerprint density at radius 1 is 1.11 bits per heavy atom. The Hall–Kier alpha value is -1.35. The Kier molecular flexibility index (Phi) is 10.1. The molecular formula is C20H34IN5O. The lowest BCUT2D eigenvalue weighted by Crippen LogP contribution is -2.50. The van der Waals surface area contributed by atoms with E-state index in [0.717, 1.165) is 51.8 Å². The minimum Gasteiger partial charge on any atom is -0.356 e. The second kappa shape index (κ2) is 11.5. The largest absolute Gasteiger partial charge is 0.356 e. The fraction of sp³-hybridized carbons (Fsp3) is 0.600. The third kappa shape index (κ3) is 7.65. The molecule has 1 fully saturated rings. The average molecular weight is 487 g/mol. The third-order valence-electron chi connectivity index (χ3n) is 5.01. The minimum atomic E-state index is 0. The summed E-state index contributed by atoms with van der Waals surface area (Å²) in [5.74, 6) is 1.00. The molecule has 0 aliphatic carbocycles. The van der Waals surface area contributed by atoms with Crippen LogP contribution in [0.4, 0.5) is 0 Å². The molecule has 7 heteroatoms. The number of halogens is 1. The van der Waals surface area contributed by atoms with Crippen LogP contribution in [0.3, 0.4) is 0 Å². The number of rotatable bonds is 6. The summed E-state index contributed by atoms with van der Waals surface area (Å²) in [5, 5.41) is 6.83. The molecular weight excluding hydrogens is 453 g/mol. The number of aliphatic imine (C=N–C) groups is 1. The highest BCUT2D eigenvalue weighted by molar-refractivity contribution is 14.0. The number of hydrogen-bond acceptors (Lipinski definition) is 3. The standard InChI is InChI=1S/C20H33N5O.HI/c1-17(26)25-14-12-24(13-15-25)11-10-22-19(21-4)23-16-20(2,3)18-8-6-5-7-9-18;/h5-9H,10-16H2,1-4H3,(H2,21,22,23);1H. The second-order valence-electron chi connectivity index (χ2n) is 7.45. The van der Waals surface area contributed by atoms with Gasteiger partial charge in [0.1, 0.15) is 0 Å². The lowest BCUT2D eigenvalue weighted by molar-refractivity contribution is -0.130. The van der Waals surface area contributed by atoms with Crippen LogP contribution in [0.1, 0.15) is 26.3 Å². The Morgan fingerprint density at radius 3 is 2.30 bits per heavy atom. The van der Waals surface area contributed by atoms with E-state index in [-0.39, 0.29) is 35.3 Å². The van der Waals surface area contributed by atoms with Gasteiger partial charge in [-0.2, -0.15) is 0 Å². The molecule has 0 aromatic heterocycles. The van der Waals surface area contributed by atoms with E-state index in [9.17, 15) is 4.79 Å². The summed E-state index contributed by atoms with van der Waals surface area (Å²) < 4.78 is 0. The van der Waals surface area contributed by atoms with Crippen LogP contribution >= 0.6 is 24.0 Å². The van der Waals surface area contributed by atoms with Gasteiger partial charge < -0.3 is 15.5 Å². The van der Waals surface area contributed by atoms with E-state index in [2.05, 4.69) is 58.6 Å². The zero-order valence-corrected chi connectivity index (χ0v) is 19.3. The van der Waals surface area contributed by atoms with Gasteiger partial charge in [0.05, 0.1) is 0 Å². The number of nitrogens with one attached hydrogen (secondary N) is 2. The van der Waals surface area contributed by atoms with E-state index in [1.807, 2.05) is 11.0 Å². The third-order valence-corrected chi connectivity index (χ3v) is 5.01. The SMILES string of the molecule is CN=C(NCCN1CCN(C(C)=O)CC1)NCC(C)(C)c1ccccc1.I. The molecule has 1 amide bonds. The quantitative estimate of drug-likeness (QED) is 0.366. The number of amides is 1. The van der Waals surface area contributed by atoms with Crippen molar-refractivity contribution in [3.05, 3.63) is 35.9 Å². The molecule has 0 spiro atoms. The summed E-state index contributed by atoms with van der Waals surface area (Å²) in [6.45, 7) is 12.2. The van der Waals surface area contributed by atoms with Crippen LogP contribution in [0.15, 0.2) is 35.3 Å². The van der Waals surface area contributed by atoms with Crippen molar-refractivity contribution >= 4 is 35.8 Å². The molecule has 0 radical (unpaired) electrons. The van der Waals surface area contributed by atoms with Gasteiger partial charge in [-0.1, -0.05) is 44.2 Å². The van der Waals surface area contributed by atoms with Crippen LogP contribution in [0.25, 0.3) is 0 Å². The number of piperazine rings is 1. The lowest BCUT2D eigenvalue weighted by Gasteiger charge is -2.34. The van der Waals surface area contributed by atoms with Gasteiger partial charge in [0.15, 0.2) is 5.96 Å². The number of carbonyl (C=O) groups excluding carboxylic acids is 1. The maximum atomic E-state index is 11.4. The van der Waals surface area contributed by atoms with Crippen LogP contribution in [0, 0.1) is 0 Å². The van der Waals surface area contributed by atoms with Crippen molar-refractivity contribution in [1.82, 2.24) is 20.4 Å². The number of benzene rings is 1. The van der Waals surface area contributed by atoms with E-state index in [4.69, 9.17) is 0 Å². The molecule has 2 N–H and O–H groups in total. The van der Waals surface area contributed by atoms with Crippen LogP contribution in [-0.4, -0.2) is 74.5 Å². The maximum absolute atomic E-state index is 11.4. The van der Waals surface area contributed by atoms with E-state index in [0.29, 0.717) is 0 Å². The molecule has 1 aliphatic rings. The zero-order valence-electron chi connectivity index (χ0n) is 17.0. The molecule has 0 atom stereocenters. The molecule has 1 aliphatic heterocycles. The van der Waals surface area contributed by atoms with Crippen LogP contribution in [0.2, 0.25) is 0 Å². The topological polar surface area (TPSA) is 60.0 Å². The fourth-order valence-electron chi connectivity index (χ4n) is 3.14. The first-order valence-electron chi connectivity index (χ1n) is 9.40. The minimum absolute atomic E-state index is 0. The molecule has 1 heterocycles. The number of nitrogens with zero attached hydrogens (tertiary/aromatic N) is 3. The van der Waals surface area contributed by atoms with E-state index >= 15 is 0 Å². The average Bonchev–Trinajstić information content (AvgIpc) is 2.65. The van der Waals surface area contributed by atoms with Crippen LogP contribution in [0.5, 0.6) is 0 Å². The Balaban J connectivity index is 0.00000364. The molecule has 0 saturated carbocycles. The Bertz CT molecular complexity index is 598. The van der Waals surface area contributed by atoms with Gasteiger partial charge in [-0.15, -0.1) is 24.0 Å². The molecule has 27 heavy (non-hydrogen) atoms. The molecule has 0 bridgehead atoms. The van der Waals surface area contributed by atoms with Crippen LogP contribution < -0.4 is 10.6 Å². The summed E-state index contributed by atoms with van der Waals surface area (Å²) in [4.78, 5) is 20.0. The highest BCUT2D eigenvalue weighted by atomic mass is 127. The molecule has 152 valence electrons. The monoisotopic (exact) mass is 487 g/mol. The summed E-state index contributed by atoms with van der Waals surface area (Å²) in [6, 6.07) is 10.5. The maximum Gasteiger partial charge on any atom is 0.219 e. The molecule has 2 rings (SSSR count). The van der Waals surface area contributed by atoms with E-state index in [1.54, 1.807) is 14.0 Å². The van der Waals surface area contributed by atoms with Gasteiger partial charge >= 0.3 is 0 Å². The number of guanidine groups is 1. The first-order valence-corrected chi connectivity index (χ1v) is 9.40. The summed E-state index contributed by atoms with van der Waals surface area (Å²) in [5.41, 5.74) is 1.34. The zero-order chi connectivity index (χ0) is 19.0. The highest BCUT2D eigenvalue weighted by Gasteiger charge is 2.21. The summed E-state index contributed by atoms with van der Waals surface area (Å²) in [7, 11) is 1.80. The van der Waals surface area contributed by atoms with Gasteiger partial charge in [0.2, 0.25) is 5.91 Å². The van der Waals surface area contributed by atoms with Gasteiger partial charge in [-0.05, 0) is 5.56 Å². The predicted molar refractivity (Wildman–Crippen MR) is 123 cm³/mol. The highest BCUT2D eigenvalue weighted by Crippen LogP contribution is 2.21. The first kappa shape index (κ1) is 23.7. The van der Waals surface area contributed by atoms with Gasteiger partial charge in [0, 0.05) is 65.2 Å². The van der Waals surface area contributed by atoms with E-state index < -0.39 is 0 Å². The van der Waals surface area contributed by atoms with Gasteiger partial charge in [0.25, 0.3) is 0 Å². The van der Waals surface area contributed by atoms with Crippen molar-refractivity contribution in [3.8, 4) is 0 Å². The molecule has 1 saturated heterocycles. The molecule has 6 nitrogen and oxygen atoms in total. The molecule has 1 aromatic carbocycles. The van der Waals surface area contributed by atoms with Crippen molar-refractivity contribution in [2.24, 2.45) is 4.99 Å². The van der Waals surface area contributed by atoms with Gasteiger partial charge in [-0.25, -0.2) is 0 Å². The van der Waals surface area contributed by atoms with Crippen molar-refractivity contribution in [2.45, 2.75) is 26.2 Å². The lowest BCUT2D eigenvalue weighted by atomic mass is 9.85. The fourth-order valence-corrected chi connectivity index (χ4v) is 3.14. The van der Waals surface area contributed by atoms with Crippen molar-refractivity contribution in [3.63, 3.8) is 0 Å². The van der Waals surface area contributed by atoms with Crippen LogP contribution in [-0.2, 0) is 10.2 Å². The van der Waals surface area contributed by atoms with Gasteiger partial charge in [-0.3, -0.25) is 14.7 Å². The Morgan fingerprint density at radius 2 is 1.74 bits per heavy atom. The summed E-state index contributed by atoms with van der Waals surface area (Å²) >= 11 is 0. The summed E-state index contributed by atoms with van der Waals surface area (Å²) in [6.07, 6.45) is 0. The van der Waals surface area contributed by atoms with Crippen molar-refractivity contribution < 1.29 is 4.79 Å². The number of carbonyl (C=O) groups is 1. The molecule has 1 aromatic rings. The number of hydrogen-bond donors (Lipinski definition) is 2. The normalized spacial score (nSPS) is 15.9. The van der Waals surface area contributed by atoms with Crippen molar-refractivity contribution in [1.29, 1.82) is 0 Å².